The molecule has 0 saturated heterocycles. The molecule has 2 N–H and O–H groups in total. The molecule has 1 heterocycles. The molecule has 0 aromatic carbocycles. The summed E-state index contributed by atoms with van der Waals surface area (Å²) in [5.41, 5.74) is 6.31. The molecule has 1 aromatic heterocycles. The van der Waals surface area contributed by atoms with Gasteiger partial charge in [0.2, 0.25) is 5.91 Å². The monoisotopic (exact) mass is 255 g/mol. The highest BCUT2D eigenvalue weighted by molar-refractivity contribution is 7.14. The number of anilines is 1. The number of nitrogens with zero attached hydrogens (tertiary/aromatic N) is 2. The first-order valence-corrected chi connectivity index (χ1v) is 5.96. The molecule has 0 fully saturated rings. The van der Waals surface area contributed by atoms with Gasteiger partial charge in [0.25, 0.3) is 5.91 Å². The lowest BCUT2D eigenvalue weighted by Crippen LogP contribution is -2.37. The minimum atomic E-state index is -0.176. The number of hydrogen-bond acceptors (Lipinski definition) is 4. The van der Waals surface area contributed by atoms with Gasteiger partial charge in [-0.3, -0.25) is 9.59 Å². The fourth-order valence-corrected chi connectivity index (χ4v) is 2.14. The van der Waals surface area contributed by atoms with Crippen LogP contribution < -0.4 is 5.73 Å². The second kappa shape index (κ2) is 5.18. The van der Waals surface area contributed by atoms with Crippen molar-refractivity contribution in [3.8, 4) is 0 Å². The lowest BCUT2D eigenvalue weighted by atomic mass is 10.3. The maximum atomic E-state index is 12.0. The summed E-state index contributed by atoms with van der Waals surface area (Å²) in [6, 6.07) is 1.65. The number of rotatable bonds is 3. The molecular weight excluding hydrogens is 238 g/mol. The molecule has 1 aromatic rings. The highest BCUT2D eigenvalue weighted by atomic mass is 32.1. The molecule has 6 heteroatoms. The van der Waals surface area contributed by atoms with Gasteiger partial charge in [0.05, 0.1) is 11.4 Å². The molecule has 0 aliphatic heterocycles. The van der Waals surface area contributed by atoms with E-state index in [4.69, 9.17) is 5.73 Å². The predicted octanol–water partition coefficient (Wildman–Crippen LogP) is 0.799. The number of carbonyl (C=O) groups is 2. The summed E-state index contributed by atoms with van der Waals surface area (Å²) >= 11 is 1.35. The Morgan fingerprint density at radius 3 is 2.35 bits per heavy atom. The molecule has 0 aliphatic carbocycles. The molecule has 0 unspecified atom stereocenters. The Morgan fingerprint density at radius 2 is 1.94 bits per heavy atom. The van der Waals surface area contributed by atoms with Crippen LogP contribution in [0.2, 0.25) is 0 Å². The number of aryl methyl sites for hydroxylation is 1. The summed E-state index contributed by atoms with van der Waals surface area (Å²) in [7, 11) is 4.93. The van der Waals surface area contributed by atoms with E-state index in [1.807, 2.05) is 6.92 Å². The van der Waals surface area contributed by atoms with Crippen LogP contribution in [0.15, 0.2) is 6.07 Å². The van der Waals surface area contributed by atoms with E-state index in [1.54, 1.807) is 27.2 Å². The molecule has 0 aliphatic rings. The van der Waals surface area contributed by atoms with Crippen LogP contribution in [0.4, 0.5) is 5.69 Å². The molecule has 2 amide bonds. The number of nitrogens with two attached hydrogens (primary N) is 1. The molecule has 0 saturated carbocycles. The molecule has 94 valence electrons. The van der Waals surface area contributed by atoms with Crippen molar-refractivity contribution in [3.05, 3.63) is 15.8 Å². The van der Waals surface area contributed by atoms with Crippen LogP contribution in [0.5, 0.6) is 0 Å². The normalized spacial score (nSPS) is 10.1. The number of nitrogen functional groups attached to an aromatic ring is 1. The number of amides is 2. The topological polar surface area (TPSA) is 66.6 Å². The third-order valence-corrected chi connectivity index (χ3v) is 3.44. The van der Waals surface area contributed by atoms with Crippen molar-refractivity contribution in [2.45, 2.75) is 6.92 Å². The summed E-state index contributed by atoms with van der Waals surface area (Å²) in [6.45, 7) is 1.93. The summed E-state index contributed by atoms with van der Waals surface area (Å²) in [5, 5.41) is 0. The Bertz CT molecular complexity index is 420. The van der Waals surface area contributed by atoms with Crippen LogP contribution in [-0.2, 0) is 4.79 Å². The average molecular weight is 255 g/mol. The van der Waals surface area contributed by atoms with Gasteiger partial charge in [-0.15, -0.1) is 11.3 Å². The largest absolute Gasteiger partial charge is 0.398 e. The fraction of sp³-hybridized carbons (Fsp3) is 0.455. The van der Waals surface area contributed by atoms with Crippen molar-refractivity contribution in [3.63, 3.8) is 0 Å². The molecule has 17 heavy (non-hydrogen) atoms. The van der Waals surface area contributed by atoms with Crippen LogP contribution in [-0.4, -0.2) is 49.3 Å². The predicted molar refractivity (Wildman–Crippen MR) is 69.1 cm³/mol. The summed E-state index contributed by atoms with van der Waals surface area (Å²) < 4.78 is 0. The molecule has 0 atom stereocenters. The Balaban J connectivity index is 2.73. The standard InChI is InChI=1S/C11H17N3O2S/c1-7-8(12)5-9(17-7)11(16)14(4)6-10(15)13(2)3/h5H,6,12H2,1-4H3. The quantitative estimate of drug-likeness (QED) is 0.868. The van der Waals surface area contributed by atoms with E-state index in [9.17, 15) is 9.59 Å². The zero-order chi connectivity index (χ0) is 13.2. The zero-order valence-electron chi connectivity index (χ0n) is 10.5. The second-order valence-electron chi connectivity index (χ2n) is 4.07. The highest BCUT2D eigenvalue weighted by Gasteiger charge is 2.18. The maximum absolute atomic E-state index is 12.0. The highest BCUT2D eigenvalue weighted by Crippen LogP contribution is 2.24. The number of carbonyl (C=O) groups excluding carboxylic acids is 2. The third-order valence-electron chi connectivity index (χ3n) is 2.38. The van der Waals surface area contributed by atoms with Gasteiger partial charge < -0.3 is 15.5 Å². The van der Waals surface area contributed by atoms with Gasteiger partial charge in [-0.05, 0) is 13.0 Å². The van der Waals surface area contributed by atoms with Gasteiger partial charge >= 0.3 is 0 Å². The SMILES string of the molecule is Cc1sc(C(=O)N(C)CC(=O)N(C)C)cc1N. The van der Waals surface area contributed by atoms with Gasteiger partial charge in [0.15, 0.2) is 0 Å². The summed E-state index contributed by atoms with van der Waals surface area (Å²) in [6.07, 6.45) is 0. The minimum Gasteiger partial charge on any atom is -0.398 e. The Hall–Kier alpha value is -1.56. The van der Waals surface area contributed by atoms with Crippen LogP contribution in [0.1, 0.15) is 14.5 Å². The maximum Gasteiger partial charge on any atom is 0.264 e. The van der Waals surface area contributed by atoms with Crippen molar-refractivity contribution in [2.24, 2.45) is 0 Å². The molecule has 0 bridgehead atoms. The van der Waals surface area contributed by atoms with Gasteiger partial charge in [0, 0.05) is 31.7 Å². The van der Waals surface area contributed by atoms with Gasteiger partial charge in [-0.2, -0.15) is 0 Å². The number of thiophene rings is 1. The van der Waals surface area contributed by atoms with Crippen LogP contribution in [0, 0.1) is 6.92 Å². The van der Waals surface area contributed by atoms with Crippen LogP contribution in [0.25, 0.3) is 0 Å². The van der Waals surface area contributed by atoms with E-state index in [0.717, 1.165) is 4.88 Å². The number of likely N-dealkylation sites (N-methyl/N-ethyl adjacent to an activating group) is 2. The van der Waals surface area contributed by atoms with Crippen molar-refractivity contribution < 1.29 is 9.59 Å². The Kier molecular flexibility index (Phi) is 4.11. The van der Waals surface area contributed by atoms with E-state index in [2.05, 4.69) is 0 Å². The first-order valence-electron chi connectivity index (χ1n) is 5.14. The van der Waals surface area contributed by atoms with E-state index in [1.165, 1.54) is 21.1 Å². The third kappa shape index (κ3) is 3.20. The summed E-state index contributed by atoms with van der Waals surface area (Å²) in [4.78, 5) is 27.8. The molecule has 0 radical (unpaired) electrons. The van der Waals surface area contributed by atoms with Crippen molar-refractivity contribution in [1.29, 1.82) is 0 Å². The van der Waals surface area contributed by atoms with E-state index in [0.29, 0.717) is 10.6 Å². The van der Waals surface area contributed by atoms with Crippen molar-refractivity contribution in [2.75, 3.05) is 33.4 Å². The van der Waals surface area contributed by atoms with Crippen molar-refractivity contribution in [1.82, 2.24) is 9.80 Å². The average Bonchev–Trinajstić information content (AvgIpc) is 2.57. The van der Waals surface area contributed by atoms with Crippen LogP contribution >= 0.6 is 11.3 Å². The molecular formula is C11H17N3O2S. The first-order chi connectivity index (χ1) is 7.82. The van der Waals surface area contributed by atoms with E-state index >= 15 is 0 Å². The second-order valence-corrected chi connectivity index (χ2v) is 5.33. The Morgan fingerprint density at radius 1 is 1.35 bits per heavy atom. The van der Waals surface area contributed by atoms with Gasteiger partial charge in [0.1, 0.15) is 0 Å². The smallest absolute Gasteiger partial charge is 0.264 e. The van der Waals surface area contributed by atoms with Crippen LogP contribution in [0.3, 0.4) is 0 Å². The zero-order valence-corrected chi connectivity index (χ0v) is 11.3. The Labute approximate surface area is 105 Å². The molecule has 1 rings (SSSR count). The number of hydrogen-bond donors (Lipinski definition) is 1. The lowest BCUT2D eigenvalue weighted by molar-refractivity contribution is -0.129. The lowest BCUT2D eigenvalue weighted by Gasteiger charge is -2.18. The molecule has 5 nitrogen and oxygen atoms in total. The first kappa shape index (κ1) is 13.5. The fourth-order valence-electron chi connectivity index (χ4n) is 1.21. The summed E-state index contributed by atoms with van der Waals surface area (Å²) in [5.74, 6) is -0.285. The van der Waals surface area contributed by atoms with E-state index in [-0.39, 0.29) is 18.4 Å². The van der Waals surface area contributed by atoms with Gasteiger partial charge in [-0.1, -0.05) is 0 Å². The minimum absolute atomic E-state index is 0.0721. The van der Waals surface area contributed by atoms with Crippen molar-refractivity contribution >= 4 is 28.8 Å². The van der Waals surface area contributed by atoms with Gasteiger partial charge in [-0.25, -0.2) is 0 Å². The molecule has 0 spiro atoms. The van der Waals surface area contributed by atoms with E-state index < -0.39 is 0 Å².